The van der Waals surface area contributed by atoms with E-state index in [0.717, 1.165) is 42.9 Å². The van der Waals surface area contributed by atoms with E-state index in [1.165, 1.54) is 0 Å². The summed E-state index contributed by atoms with van der Waals surface area (Å²) in [5, 5.41) is 6.62. The second-order valence-corrected chi connectivity index (χ2v) is 7.14. The first-order valence-corrected chi connectivity index (χ1v) is 9.13. The second-order valence-electron chi connectivity index (χ2n) is 7.14. The minimum Gasteiger partial charge on any atom is -0.381 e. The Morgan fingerprint density at radius 2 is 1.96 bits per heavy atom. The van der Waals surface area contributed by atoms with Crippen molar-refractivity contribution in [3.05, 3.63) is 30.1 Å². The number of imidazole rings is 1. The Bertz CT molecular complexity index is 673. The molecule has 0 aliphatic carbocycles. The third-order valence-electron chi connectivity index (χ3n) is 4.76. The SMILES string of the molecule is CC(C)[C@@H](NC1CCOCC1)C(=O)N[C@@H](C)c1nc2ccccc2[nH]1. The molecule has 6 heteroatoms. The van der Waals surface area contributed by atoms with Gasteiger partial charge in [-0.25, -0.2) is 4.98 Å². The van der Waals surface area contributed by atoms with Gasteiger partial charge in [-0.3, -0.25) is 4.79 Å². The number of nitrogens with one attached hydrogen (secondary N) is 3. The number of carbonyl (C=O) groups excluding carboxylic acids is 1. The fraction of sp³-hybridized carbons (Fsp3) is 0.579. The minimum atomic E-state index is -0.213. The van der Waals surface area contributed by atoms with Crippen molar-refractivity contribution in [2.45, 2.75) is 51.7 Å². The van der Waals surface area contributed by atoms with Gasteiger partial charge in [0.2, 0.25) is 5.91 Å². The average Bonchev–Trinajstić information content (AvgIpc) is 3.04. The molecule has 1 amide bonds. The molecule has 0 bridgehead atoms. The number of fused-ring (bicyclic) bond motifs is 1. The summed E-state index contributed by atoms with van der Waals surface area (Å²) in [5.41, 5.74) is 1.90. The van der Waals surface area contributed by atoms with Crippen molar-refractivity contribution in [1.82, 2.24) is 20.6 Å². The highest BCUT2D eigenvalue weighted by Crippen LogP contribution is 2.17. The summed E-state index contributed by atoms with van der Waals surface area (Å²) in [6.07, 6.45) is 1.91. The molecule has 0 unspecified atom stereocenters. The molecule has 0 radical (unpaired) electrons. The predicted molar refractivity (Wildman–Crippen MR) is 98.3 cm³/mol. The van der Waals surface area contributed by atoms with Crippen LogP contribution in [0.2, 0.25) is 0 Å². The molecule has 1 fully saturated rings. The van der Waals surface area contributed by atoms with Gasteiger partial charge >= 0.3 is 0 Å². The predicted octanol–water partition coefficient (Wildman–Crippen LogP) is 2.53. The number of hydrogen-bond donors (Lipinski definition) is 3. The van der Waals surface area contributed by atoms with E-state index >= 15 is 0 Å². The highest BCUT2D eigenvalue weighted by Gasteiger charge is 2.27. The molecule has 1 aliphatic heterocycles. The molecule has 1 aliphatic rings. The molecule has 0 saturated carbocycles. The van der Waals surface area contributed by atoms with Gasteiger partial charge in [-0.15, -0.1) is 0 Å². The van der Waals surface area contributed by atoms with Crippen molar-refractivity contribution in [2.24, 2.45) is 5.92 Å². The summed E-state index contributed by atoms with van der Waals surface area (Å²) in [5.74, 6) is 1.02. The Morgan fingerprint density at radius 3 is 2.64 bits per heavy atom. The zero-order valence-corrected chi connectivity index (χ0v) is 15.2. The Labute approximate surface area is 148 Å². The molecule has 0 spiro atoms. The fourth-order valence-electron chi connectivity index (χ4n) is 3.24. The van der Waals surface area contributed by atoms with Crippen molar-refractivity contribution in [3.63, 3.8) is 0 Å². The Morgan fingerprint density at radius 1 is 1.24 bits per heavy atom. The van der Waals surface area contributed by atoms with Crippen LogP contribution < -0.4 is 10.6 Å². The van der Waals surface area contributed by atoms with Crippen molar-refractivity contribution in [3.8, 4) is 0 Å². The summed E-state index contributed by atoms with van der Waals surface area (Å²) in [7, 11) is 0. The van der Waals surface area contributed by atoms with Crippen molar-refractivity contribution >= 4 is 16.9 Å². The summed E-state index contributed by atoms with van der Waals surface area (Å²) < 4.78 is 5.40. The zero-order valence-electron chi connectivity index (χ0n) is 15.2. The van der Waals surface area contributed by atoms with E-state index < -0.39 is 0 Å². The summed E-state index contributed by atoms with van der Waals surface area (Å²) in [6.45, 7) is 7.63. The standard InChI is InChI=1S/C19H28N4O2/c1-12(2)17(21-14-8-10-25-11-9-14)19(24)20-13(3)18-22-15-6-4-5-7-16(15)23-18/h4-7,12-14,17,21H,8-11H2,1-3H3,(H,20,24)(H,22,23)/t13-,17+/m0/s1. The van der Waals surface area contributed by atoms with Crippen LogP contribution in [0.5, 0.6) is 0 Å². The number of aromatic amines is 1. The Kier molecular flexibility index (Phi) is 5.71. The third-order valence-corrected chi connectivity index (χ3v) is 4.76. The molecule has 6 nitrogen and oxygen atoms in total. The lowest BCUT2D eigenvalue weighted by Crippen LogP contribution is -2.52. The molecular weight excluding hydrogens is 316 g/mol. The quantitative estimate of drug-likeness (QED) is 0.752. The number of para-hydroxylation sites is 2. The van der Waals surface area contributed by atoms with Crippen LogP contribution in [0.1, 0.15) is 45.5 Å². The van der Waals surface area contributed by atoms with Gasteiger partial charge in [0.05, 0.1) is 23.1 Å². The zero-order chi connectivity index (χ0) is 17.8. The van der Waals surface area contributed by atoms with Crippen LogP contribution in [0.25, 0.3) is 11.0 Å². The second kappa shape index (κ2) is 7.97. The summed E-state index contributed by atoms with van der Waals surface area (Å²) in [4.78, 5) is 20.7. The summed E-state index contributed by atoms with van der Waals surface area (Å²) >= 11 is 0. The van der Waals surface area contributed by atoms with E-state index in [1.54, 1.807) is 0 Å². The van der Waals surface area contributed by atoms with Gasteiger partial charge in [0.15, 0.2) is 0 Å². The maximum atomic E-state index is 12.8. The highest BCUT2D eigenvalue weighted by atomic mass is 16.5. The van der Waals surface area contributed by atoms with Crippen LogP contribution >= 0.6 is 0 Å². The van der Waals surface area contributed by atoms with Crippen LogP contribution in [0.3, 0.4) is 0 Å². The first-order chi connectivity index (χ1) is 12.0. The number of nitrogens with zero attached hydrogens (tertiary/aromatic N) is 1. The topological polar surface area (TPSA) is 79.0 Å². The molecule has 2 atom stereocenters. The van der Waals surface area contributed by atoms with E-state index in [0.29, 0.717) is 6.04 Å². The third kappa shape index (κ3) is 4.38. The largest absolute Gasteiger partial charge is 0.381 e. The highest BCUT2D eigenvalue weighted by molar-refractivity contribution is 5.82. The Balaban J connectivity index is 1.65. The molecule has 25 heavy (non-hydrogen) atoms. The van der Waals surface area contributed by atoms with Gasteiger partial charge in [0.1, 0.15) is 5.82 Å². The fourth-order valence-corrected chi connectivity index (χ4v) is 3.24. The van der Waals surface area contributed by atoms with E-state index in [1.807, 2.05) is 31.2 Å². The molecule has 1 saturated heterocycles. The van der Waals surface area contributed by atoms with Gasteiger partial charge in [0, 0.05) is 19.3 Å². The number of hydrogen-bond acceptors (Lipinski definition) is 4. The van der Waals surface area contributed by atoms with Gasteiger partial charge in [-0.1, -0.05) is 26.0 Å². The van der Waals surface area contributed by atoms with Crippen LogP contribution in [-0.2, 0) is 9.53 Å². The van der Waals surface area contributed by atoms with E-state index in [9.17, 15) is 4.79 Å². The lowest BCUT2D eigenvalue weighted by Gasteiger charge is -2.30. The first kappa shape index (κ1) is 17.9. The number of benzene rings is 1. The van der Waals surface area contributed by atoms with Gasteiger partial charge < -0.3 is 20.4 Å². The van der Waals surface area contributed by atoms with Gasteiger partial charge in [-0.05, 0) is 37.8 Å². The molecule has 136 valence electrons. The first-order valence-electron chi connectivity index (χ1n) is 9.13. The van der Waals surface area contributed by atoms with Crippen LogP contribution in [0.4, 0.5) is 0 Å². The monoisotopic (exact) mass is 344 g/mol. The molecule has 3 rings (SSSR count). The van der Waals surface area contributed by atoms with Crippen LogP contribution in [0, 0.1) is 5.92 Å². The maximum Gasteiger partial charge on any atom is 0.237 e. The number of carbonyl (C=O) groups is 1. The molecule has 2 heterocycles. The van der Waals surface area contributed by atoms with E-state index in [4.69, 9.17) is 4.74 Å². The van der Waals surface area contributed by atoms with E-state index in [2.05, 4.69) is 34.4 Å². The van der Waals surface area contributed by atoms with Gasteiger partial charge in [0.25, 0.3) is 0 Å². The van der Waals surface area contributed by atoms with Gasteiger partial charge in [-0.2, -0.15) is 0 Å². The van der Waals surface area contributed by atoms with Crippen molar-refractivity contribution in [2.75, 3.05) is 13.2 Å². The molecule has 3 N–H and O–H groups in total. The molecular formula is C19H28N4O2. The lowest BCUT2D eigenvalue weighted by molar-refractivity contribution is -0.125. The molecule has 2 aromatic rings. The lowest BCUT2D eigenvalue weighted by atomic mass is 9.99. The number of H-pyrrole nitrogens is 1. The number of amides is 1. The molecule has 1 aromatic carbocycles. The normalized spacial score (nSPS) is 18.4. The summed E-state index contributed by atoms with van der Waals surface area (Å²) in [6, 6.07) is 7.85. The number of aromatic nitrogens is 2. The maximum absolute atomic E-state index is 12.8. The minimum absolute atomic E-state index is 0.0226. The number of ether oxygens (including phenoxy) is 1. The Hall–Kier alpha value is -1.92. The van der Waals surface area contributed by atoms with E-state index in [-0.39, 0.29) is 23.9 Å². The molecule has 1 aromatic heterocycles. The van der Waals surface area contributed by atoms with Crippen molar-refractivity contribution in [1.29, 1.82) is 0 Å². The van der Waals surface area contributed by atoms with Crippen LogP contribution in [-0.4, -0.2) is 41.2 Å². The number of rotatable bonds is 6. The van der Waals surface area contributed by atoms with Crippen molar-refractivity contribution < 1.29 is 9.53 Å². The smallest absolute Gasteiger partial charge is 0.237 e. The van der Waals surface area contributed by atoms with Crippen LogP contribution in [0.15, 0.2) is 24.3 Å². The average molecular weight is 344 g/mol.